The first-order chi connectivity index (χ1) is 12.1. The van der Waals surface area contributed by atoms with Gasteiger partial charge in [-0.1, -0.05) is 26.7 Å². The molecule has 0 aliphatic carbocycles. The van der Waals surface area contributed by atoms with Crippen molar-refractivity contribution in [2.24, 2.45) is 0 Å². The summed E-state index contributed by atoms with van der Waals surface area (Å²) in [5, 5.41) is 0. The van der Waals surface area contributed by atoms with Gasteiger partial charge in [0.15, 0.2) is 11.6 Å². The van der Waals surface area contributed by atoms with Crippen LogP contribution in [0.2, 0.25) is 0 Å². The van der Waals surface area contributed by atoms with Crippen LogP contribution in [-0.2, 0) is 0 Å². The maximum atomic E-state index is 12.0. The van der Waals surface area contributed by atoms with Crippen molar-refractivity contribution in [1.29, 1.82) is 0 Å². The second-order valence-corrected chi connectivity index (χ2v) is 6.20. The van der Waals surface area contributed by atoms with Gasteiger partial charge in [-0.2, -0.15) is 0 Å². The summed E-state index contributed by atoms with van der Waals surface area (Å²) in [6.45, 7) is 4.15. The van der Waals surface area contributed by atoms with Crippen LogP contribution >= 0.6 is 0 Å². The number of rotatable bonds is 10. The Hall–Kier alpha value is -2.42. The molecule has 2 aromatic rings. The lowest BCUT2D eigenvalue weighted by Gasteiger charge is -2.07. The van der Waals surface area contributed by atoms with E-state index in [-0.39, 0.29) is 11.6 Å². The molecular weight excluding hydrogens is 312 g/mol. The number of benzene rings is 2. The lowest BCUT2D eigenvalue weighted by molar-refractivity contribution is 0.0972. The molecule has 0 saturated carbocycles. The normalized spacial score (nSPS) is 10.5. The fourth-order valence-electron chi connectivity index (χ4n) is 2.52. The number of hydrogen-bond donors (Lipinski definition) is 0. The van der Waals surface area contributed by atoms with Crippen molar-refractivity contribution in [3.8, 4) is 11.5 Å². The first-order valence-electron chi connectivity index (χ1n) is 9.08. The van der Waals surface area contributed by atoms with Crippen molar-refractivity contribution < 1.29 is 14.3 Å². The predicted octanol–water partition coefficient (Wildman–Crippen LogP) is 6.22. The lowest BCUT2D eigenvalue weighted by Crippen LogP contribution is -1.99. The van der Waals surface area contributed by atoms with E-state index in [2.05, 4.69) is 13.8 Å². The molecule has 2 rings (SSSR count). The highest BCUT2D eigenvalue weighted by atomic mass is 16.5. The van der Waals surface area contributed by atoms with E-state index < -0.39 is 0 Å². The zero-order valence-electron chi connectivity index (χ0n) is 15.1. The molecule has 0 heterocycles. The van der Waals surface area contributed by atoms with Gasteiger partial charge in [-0.25, -0.2) is 0 Å². The molecule has 0 aliphatic heterocycles. The summed E-state index contributed by atoms with van der Waals surface area (Å²) in [4.78, 5) is 24.0. The second kappa shape index (κ2) is 9.77. The number of carbonyl (C=O) groups is 2. The van der Waals surface area contributed by atoms with E-state index in [0.29, 0.717) is 24.3 Å². The average Bonchev–Trinajstić information content (AvgIpc) is 2.65. The Morgan fingerprint density at radius 1 is 0.680 bits per heavy atom. The molecule has 0 N–H and O–H groups in total. The number of carbonyl (C=O) groups excluding carboxylic acids is 2. The maximum absolute atomic E-state index is 12.0. The van der Waals surface area contributed by atoms with Crippen LogP contribution in [0, 0.1) is 0 Å². The Labute approximate surface area is 150 Å². The zero-order valence-corrected chi connectivity index (χ0v) is 15.1. The first-order valence-corrected chi connectivity index (χ1v) is 9.08. The third-order valence-corrected chi connectivity index (χ3v) is 4.10. The van der Waals surface area contributed by atoms with E-state index in [1.165, 1.54) is 0 Å². The highest BCUT2D eigenvalue weighted by molar-refractivity contribution is 5.96. The quantitative estimate of drug-likeness (QED) is 0.483. The molecule has 3 nitrogen and oxygen atoms in total. The fraction of sp³-hybridized carbons (Fsp3) is 0.364. The molecule has 0 atom stereocenters. The monoisotopic (exact) mass is 338 g/mol. The summed E-state index contributed by atoms with van der Waals surface area (Å²) in [6, 6.07) is 14.4. The van der Waals surface area contributed by atoms with Crippen molar-refractivity contribution in [1.82, 2.24) is 0 Å². The molecule has 0 saturated heterocycles. The van der Waals surface area contributed by atoms with Gasteiger partial charge in [0.1, 0.15) is 11.5 Å². The Morgan fingerprint density at radius 2 is 1.04 bits per heavy atom. The van der Waals surface area contributed by atoms with Crippen molar-refractivity contribution in [2.75, 3.05) is 0 Å². The Bertz CT molecular complexity index is 623. The lowest BCUT2D eigenvalue weighted by atomic mass is 10.1. The Kier molecular flexibility index (Phi) is 7.39. The van der Waals surface area contributed by atoms with E-state index in [1.807, 2.05) is 0 Å². The minimum atomic E-state index is 0.170. The minimum Gasteiger partial charge on any atom is -0.457 e. The molecule has 0 spiro atoms. The van der Waals surface area contributed by atoms with Crippen LogP contribution in [0.4, 0.5) is 0 Å². The van der Waals surface area contributed by atoms with Crippen molar-refractivity contribution in [2.45, 2.75) is 52.4 Å². The largest absolute Gasteiger partial charge is 0.457 e. The highest BCUT2D eigenvalue weighted by Crippen LogP contribution is 2.23. The highest BCUT2D eigenvalue weighted by Gasteiger charge is 2.07. The van der Waals surface area contributed by atoms with E-state index in [1.54, 1.807) is 48.5 Å². The van der Waals surface area contributed by atoms with Crippen LogP contribution in [0.25, 0.3) is 0 Å². The molecular formula is C22H26O3. The van der Waals surface area contributed by atoms with Gasteiger partial charge in [0.25, 0.3) is 0 Å². The van der Waals surface area contributed by atoms with Crippen LogP contribution in [0.1, 0.15) is 73.1 Å². The molecule has 0 unspecified atom stereocenters. The van der Waals surface area contributed by atoms with Gasteiger partial charge in [0.2, 0.25) is 0 Å². The molecule has 0 aliphatic rings. The number of Topliss-reactive ketones (excluding diaryl/α,β-unsaturated/α-hetero) is 2. The minimum absolute atomic E-state index is 0.170. The number of ketones is 2. The van der Waals surface area contributed by atoms with Crippen LogP contribution in [0.3, 0.4) is 0 Å². The van der Waals surface area contributed by atoms with E-state index >= 15 is 0 Å². The second-order valence-electron chi connectivity index (χ2n) is 6.20. The molecule has 2 aromatic carbocycles. The van der Waals surface area contributed by atoms with Crippen LogP contribution in [0.15, 0.2) is 48.5 Å². The average molecular weight is 338 g/mol. The first kappa shape index (κ1) is 18.9. The van der Waals surface area contributed by atoms with Crippen molar-refractivity contribution in [3.05, 3.63) is 59.7 Å². The van der Waals surface area contributed by atoms with Crippen LogP contribution in [0.5, 0.6) is 11.5 Å². The summed E-state index contributed by atoms with van der Waals surface area (Å²) in [6.07, 6.45) is 5.04. The topological polar surface area (TPSA) is 43.4 Å². The van der Waals surface area contributed by atoms with Gasteiger partial charge >= 0.3 is 0 Å². The summed E-state index contributed by atoms with van der Waals surface area (Å²) in [7, 11) is 0. The van der Waals surface area contributed by atoms with Crippen molar-refractivity contribution >= 4 is 11.6 Å². The van der Waals surface area contributed by atoms with Crippen LogP contribution in [-0.4, -0.2) is 11.6 Å². The molecule has 0 radical (unpaired) electrons. The van der Waals surface area contributed by atoms with Gasteiger partial charge in [-0.15, -0.1) is 0 Å². The maximum Gasteiger partial charge on any atom is 0.162 e. The summed E-state index contributed by atoms with van der Waals surface area (Å²) in [5.41, 5.74) is 1.44. The summed E-state index contributed by atoms with van der Waals surface area (Å²) >= 11 is 0. The molecule has 0 fully saturated rings. The molecule has 0 bridgehead atoms. The van der Waals surface area contributed by atoms with Gasteiger partial charge in [-0.3, -0.25) is 9.59 Å². The predicted molar refractivity (Wildman–Crippen MR) is 101 cm³/mol. The van der Waals surface area contributed by atoms with E-state index in [9.17, 15) is 9.59 Å². The molecule has 0 amide bonds. The van der Waals surface area contributed by atoms with Gasteiger partial charge < -0.3 is 4.74 Å². The molecule has 132 valence electrons. The van der Waals surface area contributed by atoms with Gasteiger partial charge in [-0.05, 0) is 61.4 Å². The van der Waals surface area contributed by atoms with E-state index in [0.717, 1.165) is 36.8 Å². The number of ether oxygens (including phenoxy) is 1. The fourth-order valence-corrected chi connectivity index (χ4v) is 2.52. The molecule has 3 heteroatoms. The van der Waals surface area contributed by atoms with Gasteiger partial charge in [0, 0.05) is 24.0 Å². The summed E-state index contributed by atoms with van der Waals surface area (Å²) < 4.78 is 5.79. The van der Waals surface area contributed by atoms with E-state index in [4.69, 9.17) is 4.74 Å². The zero-order chi connectivity index (χ0) is 18.1. The van der Waals surface area contributed by atoms with Crippen LogP contribution < -0.4 is 4.74 Å². The Morgan fingerprint density at radius 3 is 1.36 bits per heavy atom. The Balaban J connectivity index is 1.95. The SMILES string of the molecule is CCCCC(=O)c1ccc(Oc2ccc(C(=O)CCCC)cc2)cc1. The number of unbranched alkanes of at least 4 members (excludes halogenated alkanes) is 2. The third kappa shape index (κ3) is 5.86. The summed E-state index contributed by atoms with van der Waals surface area (Å²) in [5.74, 6) is 1.70. The van der Waals surface area contributed by atoms with Gasteiger partial charge in [0.05, 0.1) is 0 Å². The molecule has 0 aromatic heterocycles. The number of hydrogen-bond acceptors (Lipinski definition) is 3. The smallest absolute Gasteiger partial charge is 0.162 e. The molecule has 25 heavy (non-hydrogen) atoms. The standard InChI is InChI=1S/C22H26O3/c1-3-5-7-21(23)17-9-13-19(14-10-17)25-20-15-11-18(12-16-20)22(24)8-6-4-2/h9-16H,3-8H2,1-2H3. The van der Waals surface area contributed by atoms with Crippen molar-refractivity contribution in [3.63, 3.8) is 0 Å². The third-order valence-electron chi connectivity index (χ3n) is 4.10.